The molecule has 1 amide bonds. The fraction of sp³-hybridized carbons (Fsp3) is 0.125. The van der Waals surface area contributed by atoms with Crippen molar-refractivity contribution in [2.24, 2.45) is 0 Å². The Morgan fingerprint density at radius 1 is 1.07 bits per heavy atom. The molecule has 0 radical (unpaired) electrons. The van der Waals surface area contributed by atoms with Gasteiger partial charge in [-0.2, -0.15) is 0 Å². The van der Waals surface area contributed by atoms with E-state index in [0.29, 0.717) is 32.9 Å². The molecule has 1 aliphatic heterocycles. The first-order chi connectivity index (χ1) is 14.5. The number of furan rings is 1. The largest absolute Gasteiger partial charge is 0.457 e. The first-order valence-corrected chi connectivity index (χ1v) is 10.7. The lowest BCUT2D eigenvalue weighted by Crippen LogP contribution is -2.30. The molecule has 0 saturated carbocycles. The number of thioether (sulfide) groups is 1. The van der Waals surface area contributed by atoms with Crippen LogP contribution >= 0.6 is 24.0 Å². The summed E-state index contributed by atoms with van der Waals surface area (Å²) in [5.74, 6) is 1.20. The molecule has 0 spiro atoms. The van der Waals surface area contributed by atoms with Crippen LogP contribution in [0.2, 0.25) is 0 Å². The lowest BCUT2D eigenvalue weighted by atomic mass is 10.1. The Bertz CT molecular complexity index is 1130. The van der Waals surface area contributed by atoms with Crippen molar-refractivity contribution in [3.05, 3.63) is 88.5 Å². The number of rotatable bonds is 6. The third-order valence-electron chi connectivity index (χ3n) is 4.82. The molecular weight excluding hydrogens is 414 g/mol. The zero-order valence-electron chi connectivity index (χ0n) is 16.3. The Morgan fingerprint density at radius 2 is 1.80 bits per heavy atom. The Labute approximate surface area is 184 Å². The summed E-state index contributed by atoms with van der Waals surface area (Å²) in [6.45, 7) is 2.09. The van der Waals surface area contributed by atoms with Crippen molar-refractivity contribution >= 4 is 46.1 Å². The molecule has 0 N–H and O–H groups in total. The van der Waals surface area contributed by atoms with Crippen molar-refractivity contribution in [2.75, 3.05) is 6.54 Å². The summed E-state index contributed by atoms with van der Waals surface area (Å²) in [7, 11) is 0. The molecule has 1 fully saturated rings. The summed E-state index contributed by atoms with van der Waals surface area (Å²) in [5.41, 5.74) is 2.70. The highest BCUT2D eigenvalue weighted by Gasteiger charge is 2.31. The zero-order chi connectivity index (χ0) is 21.1. The SMILES string of the molecule is CC(=O)c1ccc(-c2ccc(/C=C3/SC(=S)N(CCc4ccccc4)C3=O)o2)cc1. The molecular formula is C24H19NO3S2. The van der Waals surface area contributed by atoms with E-state index in [1.807, 2.05) is 54.6 Å². The first kappa shape index (κ1) is 20.3. The van der Waals surface area contributed by atoms with E-state index in [1.165, 1.54) is 24.2 Å². The van der Waals surface area contributed by atoms with Crippen LogP contribution in [0.4, 0.5) is 0 Å². The average Bonchev–Trinajstić information content (AvgIpc) is 3.32. The Hall–Kier alpha value is -2.96. The van der Waals surface area contributed by atoms with E-state index in [2.05, 4.69) is 0 Å². The van der Waals surface area contributed by atoms with Gasteiger partial charge in [-0.05, 0) is 31.0 Å². The van der Waals surface area contributed by atoms with Crippen LogP contribution in [0.5, 0.6) is 0 Å². The van der Waals surface area contributed by atoms with E-state index in [9.17, 15) is 9.59 Å². The maximum atomic E-state index is 12.8. The number of thiocarbonyl (C=S) groups is 1. The molecule has 0 atom stereocenters. The molecule has 1 aliphatic rings. The summed E-state index contributed by atoms with van der Waals surface area (Å²) < 4.78 is 6.46. The highest BCUT2D eigenvalue weighted by atomic mass is 32.2. The predicted molar refractivity (Wildman–Crippen MR) is 124 cm³/mol. The van der Waals surface area contributed by atoms with E-state index in [4.69, 9.17) is 16.6 Å². The van der Waals surface area contributed by atoms with Gasteiger partial charge in [0.05, 0.1) is 4.91 Å². The van der Waals surface area contributed by atoms with E-state index in [1.54, 1.807) is 23.1 Å². The molecule has 150 valence electrons. The van der Waals surface area contributed by atoms with Gasteiger partial charge in [-0.1, -0.05) is 78.6 Å². The van der Waals surface area contributed by atoms with E-state index in [-0.39, 0.29) is 11.7 Å². The van der Waals surface area contributed by atoms with Crippen molar-refractivity contribution < 1.29 is 14.0 Å². The number of hydrogen-bond acceptors (Lipinski definition) is 5. The van der Waals surface area contributed by atoms with Crippen molar-refractivity contribution in [1.82, 2.24) is 4.90 Å². The van der Waals surface area contributed by atoms with Gasteiger partial charge in [-0.3, -0.25) is 14.5 Å². The molecule has 0 bridgehead atoms. The topological polar surface area (TPSA) is 50.5 Å². The van der Waals surface area contributed by atoms with Crippen molar-refractivity contribution in [3.63, 3.8) is 0 Å². The lowest BCUT2D eigenvalue weighted by molar-refractivity contribution is -0.122. The van der Waals surface area contributed by atoms with Crippen LogP contribution in [0.25, 0.3) is 17.4 Å². The summed E-state index contributed by atoms with van der Waals surface area (Å²) in [5, 5.41) is 0. The summed E-state index contributed by atoms with van der Waals surface area (Å²) in [4.78, 5) is 26.4. The van der Waals surface area contributed by atoms with Gasteiger partial charge in [0, 0.05) is 23.7 Å². The second-order valence-electron chi connectivity index (χ2n) is 6.90. The number of Topliss-reactive ketones (excluding diaryl/α,β-unsaturated/α-hetero) is 1. The van der Waals surface area contributed by atoms with E-state index >= 15 is 0 Å². The van der Waals surface area contributed by atoms with Gasteiger partial charge in [0.25, 0.3) is 5.91 Å². The number of amides is 1. The molecule has 2 heterocycles. The highest BCUT2D eigenvalue weighted by Crippen LogP contribution is 2.33. The van der Waals surface area contributed by atoms with Crippen LogP contribution in [-0.2, 0) is 11.2 Å². The third-order valence-corrected chi connectivity index (χ3v) is 6.19. The van der Waals surface area contributed by atoms with Crippen LogP contribution in [0.1, 0.15) is 28.6 Å². The molecule has 0 unspecified atom stereocenters. The molecule has 30 heavy (non-hydrogen) atoms. The van der Waals surface area contributed by atoms with Gasteiger partial charge in [0.2, 0.25) is 0 Å². The van der Waals surface area contributed by atoms with E-state index < -0.39 is 0 Å². The predicted octanol–water partition coefficient (Wildman–Crippen LogP) is 5.59. The standard InChI is InChI=1S/C24H19NO3S2/c1-16(26)18-7-9-19(10-8-18)21-12-11-20(28-21)15-22-23(27)25(24(29)30-22)14-13-17-5-3-2-4-6-17/h2-12,15H,13-14H2,1H3/b22-15+. The number of ketones is 1. The number of nitrogens with zero attached hydrogens (tertiary/aromatic N) is 1. The van der Waals surface area contributed by atoms with Crippen molar-refractivity contribution in [1.29, 1.82) is 0 Å². The number of carbonyl (C=O) groups excluding carboxylic acids is 2. The average molecular weight is 434 g/mol. The first-order valence-electron chi connectivity index (χ1n) is 9.52. The smallest absolute Gasteiger partial charge is 0.266 e. The molecule has 0 aliphatic carbocycles. The minimum atomic E-state index is -0.0929. The summed E-state index contributed by atoms with van der Waals surface area (Å²) >= 11 is 6.70. The molecule has 4 rings (SSSR count). The minimum absolute atomic E-state index is 0.0241. The maximum absolute atomic E-state index is 12.8. The minimum Gasteiger partial charge on any atom is -0.457 e. The zero-order valence-corrected chi connectivity index (χ0v) is 18.0. The van der Waals surface area contributed by atoms with Gasteiger partial charge in [-0.25, -0.2) is 0 Å². The van der Waals surface area contributed by atoms with Crippen molar-refractivity contribution in [2.45, 2.75) is 13.3 Å². The number of benzene rings is 2. The summed E-state index contributed by atoms with van der Waals surface area (Å²) in [6.07, 6.45) is 2.48. The second-order valence-corrected chi connectivity index (χ2v) is 8.58. The lowest BCUT2D eigenvalue weighted by Gasteiger charge is -2.14. The Kier molecular flexibility index (Phi) is 5.97. The van der Waals surface area contributed by atoms with Gasteiger partial charge < -0.3 is 4.42 Å². The molecule has 1 saturated heterocycles. The summed E-state index contributed by atoms with van der Waals surface area (Å²) in [6, 6.07) is 21.0. The van der Waals surface area contributed by atoms with Gasteiger partial charge >= 0.3 is 0 Å². The van der Waals surface area contributed by atoms with Crippen LogP contribution in [0.3, 0.4) is 0 Å². The van der Waals surface area contributed by atoms with Gasteiger partial charge in [0.1, 0.15) is 15.8 Å². The van der Waals surface area contributed by atoms with E-state index in [0.717, 1.165) is 12.0 Å². The fourth-order valence-electron chi connectivity index (χ4n) is 3.16. The fourth-order valence-corrected chi connectivity index (χ4v) is 4.45. The number of hydrogen-bond donors (Lipinski definition) is 0. The normalized spacial score (nSPS) is 15.2. The molecule has 4 nitrogen and oxygen atoms in total. The van der Waals surface area contributed by atoms with Crippen LogP contribution in [0, 0.1) is 0 Å². The molecule has 2 aromatic carbocycles. The van der Waals surface area contributed by atoms with Crippen LogP contribution in [0.15, 0.2) is 76.1 Å². The van der Waals surface area contributed by atoms with Crippen molar-refractivity contribution in [3.8, 4) is 11.3 Å². The Morgan fingerprint density at radius 3 is 2.50 bits per heavy atom. The van der Waals surface area contributed by atoms with Gasteiger partial charge in [0.15, 0.2) is 5.78 Å². The second kappa shape index (κ2) is 8.81. The highest BCUT2D eigenvalue weighted by molar-refractivity contribution is 8.26. The maximum Gasteiger partial charge on any atom is 0.266 e. The quantitative estimate of drug-likeness (QED) is 0.288. The van der Waals surface area contributed by atoms with Crippen LogP contribution < -0.4 is 0 Å². The monoisotopic (exact) mass is 433 g/mol. The molecule has 6 heteroatoms. The Balaban J connectivity index is 1.46. The molecule has 1 aromatic heterocycles. The third kappa shape index (κ3) is 4.45. The molecule has 3 aromatic rings. The number of carbonyl (C=O) groups is 2. The van der Waals surface area contributed by atoms with Crippen LogP contribution in [-0.4, -0.2) is 27.5 Å². The van der Waals surface area contributed by atoms with Gasteiger partial charge in [-0.15, -0.1) is 0 Å².